The summed E-state index contributed by atoms with van der Waals surface area (Å²) in [6, 6.07) is -1.34. The van der Waals surface area contributed by atoms with E-state index < -0.39 is 30.3 Å². The maximum atomic E-state index is 10.7. The van der Waals surface area contributed by atoms with Crippen molar-refractivity contribution in [1.82, 2.24) is 4.90 Å². The molecule has 0 bridgehead atoms. The van der Waals surface area contributed by atoms with Gasteiger partial charge in [-0.05, 0) is 0 Å². The van der Waals surface area contributed by atoms with Crippen LogP contribution in [0.5, 0.6) is 0 Å². The van der Waals surface area contributed by atoms with E-state index in [1.807, 2.05) is 0 Å². The molecule has 7 heteroatoms. The first-order valence-electron chi connectivity index (χ1n) is 3.92. The fraction of sp³-hybridized carbons (Fsp3) is 0.714. The first-order chi connectivity index (χ1) is 6.49. The Bertz CT molecular complexity index is 255. The monoisotopic (exact) mass is 205 g/mol. The van der Waals surface area contributed by atoms with E-state index in [2.05, 4.69) is 0 Å². The van der Waals surface area contributed by atoms with E-state index in [0.29, 0.717) is 4.90 Å². The van der Waals surface area contributed by atoms with Gasteiger partial charge in [-0.15, -0.1) is 0 Å². The molecule has 0 aliphatic carbocycles. The zero-order valence-corrected chi connectivity index (χ0v) is 7.45. The number of methoxy groups -OCH3 is 1. The van der Waals surface area contributed by atoms with E-state index in [1.165, 1.54) is 7.11 Å². The van der Waals surface area contributed by atoms with Gasteiger partial charge in [-0.2, -0.15) is 0 Å². The second-order valence-corrected chi connectivity index (χ2v) is 2.99. The molecule has 0 saturated carbocycles. The first-order valence-corrected chi connectivity index (χ1v) is 3.92. The fourth-order valence-electron chi connectivity index (χ4n) is 1.56. The Morgan fingerprint density at radius 2 is 2.00 bits per heavy atom. The molecule has 1 aliphatic heterocycles. The van der Waals surface area contributed by atoms with Crippen molar-refractivity contribution in [3.05, 3.63) is 0 Å². The summed E-state index contributed by atoms with van der Waals surface area (Å²) in [5, 5.41) is 26.7. The van der Waals surface area contributed by atoms with Crippen molar-refractivity contribution >= 4 is 12.1 Å². The highest BCUT2D eigenvalue weighted by Crippen LogP contribution is 2.21. The number of β-amino-alcohol motifs (C(OH)–C–C–N with tert-alkyl or cyclic N) is 1. The topological polar surface area (TPSA) is 107 Å². The molecule has 0 aromatic carbocycles. The first kappa shape index (κ1) is 10.7. The SMILES string of the molecule is CO[C@H]1[C@@H](C(=O)O)N(C(=O)O)C[C@@H]1O. The lowest BCUT2D eigenvalue weighted by Gasteiger charge is -2.20. The van der Waals surface area contributed by atoms with Gasteiger partial charge in [0.15, 0.2) is 6.04 Å². The quantitative estimate of drug-likeness (QED) is 0.523. The Balaban J connectivity index is 2.90. The predicted octanol–water partition coefficient (Wildman–Crippen LogP) is -1.19. The minimum atomic E-state index is -1.38. The molecular weight excluding hydrogens is 194 g/mol. The number of ether oxygens (including phenoxy) is 1. The summed E-state index contributed by atoms with van der Waals surface area (Å²) in [5.74, 6) is -1.32. The zero-order chi connectivity index (χ0) is 10.9. The van der Waals surface area contributed by atoms with Gasteiger partial charge in [-0.25, -0.2) is 9.59 Å². The van der Waals surface area contributed by atoms with Gasteiger partial charge in [0.25, 0.3) is 0 Å². The van der Waals surface area contributed by atoms with Crippen molar-refractivity contribution in [3.63, 3.8) is 0 Å². The Hall–Kier alpha value is -1.34. The number of nitrogens with zero attached hydrogens (tertiary/aromatic N) is 1. The van der Waals surface area contributed by atoms with Crippen LogP contribution in [0.2, 0.25) is 0 Å². The Labute approximate surface area is 79.5 Å². The van der Waals surface area contributed by atoms with Crippen molar-refractivity contribution in [2.45, 2.75) is 18.2 Å². The molecule has 3 atom stereocenters. The molecule has 0 spiro atoms. The Morgan fingerprint density at radius 1 is 1.43 bits per heavy atom. The van der Waals surface area contributed by atoms with Crippen LogP contribution in [0, 0.1) is 0 Å². The number of hydrogen-bond donors (Lipinski definition) is 3. The van der Waals surface area contributed by atoms with Gasteiger partial charge >= 0.3 is 12.1 Å². The number of amides is 1. The average Bonchev–Trinajstić information content (AvgIpc) is 2.42. The van der Waals surface area contributed by atoms with Gasteiger partial charge in [0.05, 0.1) is 6.54 Å². The molecule has 0 radical (unpaired) electrons. The molecule has 14 heavy (non-hydrogen) atoms. The van der Waals surface area contributed by atoms with Crippen molar-refractivity contribution in [2.75, 3.05) is 13.7 Å². The summed E-state index contributed by atoms with van der Waals surface area (Å²) in [7, 11) is 1.23. The highest BCUT2D eigenvalue weighted by molar-refractivity contribution is 5.81. The van der Waals surface area contributed by atoms with Gasteiger partial charge in [-0.3, -0.25) is 4.90 Å². The lowest BCUT2D eigenvalue weighted by atomic mass is 10.1. The van der Waals surface area contributed by atoms with E-state index in [-0.39, 0.29) is 6.54 Å². The number of likely N-dealkylation sites (tertiary alicyclic amines) is 1. The number of carboxylic acids is 1. The Kier molecular flexibility index (Phi) is 2.92. The number of aliphatic hydroxyl groups excluding tert-OH is 1. The van der Waals surface area contributed by atoms with Crippen LogP contribution >= 0.6 is 0 Å². The number of hydrogen-bond acceptors (Lipinski definition) is 4. The van der Waals surface area contributed by atoms with Crippen LogP contribution in [-0.4, -0.2) is 64.2 Å². The molecule has 7 nitrogen and oxygen atoms in total. The van der Waals surface area contributed by atoms with Crippen LogP contribution < -0.4 is 0 Å². The number of rotatable bonds is 2. The largest absolute Gasteiger partial charge is 0.480 e. The molecule has 1 fully saturated rings. The van der Waals surface area contributed by atoms with E-state index in [9.17, 15) is 14.7 Å². The summed E-state index contributed by atoms with van der Waals surface area (Å²) < 4.78 is 4.74. The van der Waals surface area contributed by atoms with Gasteiger partial charge in [0.1, 0.15) is 12.2 Å². The van der Waals surface area contributed by atoms with Gasteiger partial charge in [0, 0.05) is 7.11 Å². The van der Waals surface area contributed by atoms with E-state index in [0.717, 1.165) is 0 Å². The molecule has 1 saturated heterocycles. The summed E-state index contributed by atoms with van der Waals surface area (Å²) in [4.78, 5) is 22.0. The average molecular weight is 205 g/mol. The molecular formula is C7H11NO6. The number of aliphatic carboxylic acids is 1. The second kappa shape index (κ2) is 3.81. The van der Waals surface area contributed by atoms with Crippen LogP contribution in [0.4, 0.5) is 4.79 Å². The second-order valence-electron chi connectivity index (χ2n) is 2.99. The molecule has 3 N–H and O–H groups in total. The van der Waals surface area contributed by atoms with E-state index in [4.69, 9.17) is 14.9 Å². The van der Waals surface area contributed by atoms with Gasteiger partial charge < -0.3 is 20.1 Å². The fourth-order valence-corrected chi connectivity index (χ4v) is 1.56. The third-order valence-electron chi connectivity index (χ3n) is 2.18. The van der Waals surface area contributed by atoms with Crippen LogP contribution in [0.25, 0.3) is 0 Å². The predicted molar refractivity (Wildman–Crippen MR) is 43.0 cm³/mol. The summed E-state index contributed by atoms with van der Waals surface area (Å²) in [6.45, 7) is -0.245. The van der Waals surface area contributed by atoms with Crippen molar-refractivity contribution in [3.8, 4) is 0 Å². The highest BCUT2D eigenvalue weighted by Gasteiger charge is 2.48. The van der Waals surface area contributed by atoms with E-state index in [1.54, 1.807) is 0 Å². The minimum absolute atomic E-state index is 0.245. The lowest BCUT2D eigenvalue weighted by Crippen LogP contribution is -2.45. The summed E-state index contributed by atoms with van der Waals surface area (Å²) >= 11 is 0. The van der Waals surface area contributed by atoms with Crippen molar-refractivity contribution in [1.29, 1.82) is 0 Å². The van der Waals surface area contributed by atoms with Crippen LogP contribution in [0.15, 0.2) is 0 Å². The highest BCUT2D eigenvalue weighted by atomic mass is 16.5. The molecule has 0 aromatic rings. The number of carbonyl (C=O) groups is 2. The molecule has 1 aliphatic rings. The summed E-state index contributed by atoms with van der Waals surface area (Å²) in [6.07, 6.45) is -3.49. The smallest absolute Gasteiger partial charge is 0.408 e. The van der Waals surface area contributed by atoms with Crippen molar-refractivity contribution < 1.29 is 29.6 Å². The maximum absolute atomic E-state index is 10.7. The third kappa shape index (κ3) is 1.64. The molecule has 1 rings (SSSR count). The lowest BCUT2D eigenvalue weighted by molar-refractivity contribution is -0.146. The standard InChI is InChI=1S/C7H11NO6/c1-14-5-3(9)2-8(7(12)13)4(5)6(10)11/h3-5,9H,2H2,1H3,(H,10,11)(H,12,13)/t3-,4-,5+/m0/s1. The normalized spacial score (nSPS) is 31.9. The third-order valence-corrected chi connectivity index (χ3v) is 2.18. The Morgan fingerprint density at radius 3 is 2.36 bits per heavy atom. The van der Waals surface area contributed by atoms with Crippen LogP contribution in [-0.2, 0) is 9.53 Å². The van der Waals surface area contributed by atoms with Crippen LogP contribution in [0.3, 0.4) is 0 Å². The number of carboxylic acid groups (broad SMARTS) is 2. The van der Waals surface area contributed by atoms with Crippen molar-refractivity contribution in [2.24, 2.45) is 0 Å². The van der Waals surface area contributed by atoms with Crippen LogP contribution in [0.1, 0.15) is 0 Å². The molecule has 80 valence electrons. The maximum Gasteiger partial charge on any atom is 0.408 e. The molecule has 0 aromatic heterocycles. The van der Waals surface area contributed by atoms with E-state index >= 15 is 0 Å². The van der Waals surface area contributed by atoms with Gasteiger partial charge in [0.2, 0.25) is 0 Å². The molecule has 1 amide bonds. The molecule has 1 heterocycles. The summed E-state index contributed by atoms with van der Waals surface area (Å²) in [5.41, 5.74) is 0. The zero-order valence-electron chi connectivity index (χ0n) is 7.45. The van der Waals surface area contributed by atoms with Gasteiger partial charge in [-0.1, -0.05) is 0 Å². The minimum Gasteiger partial charge on any atom is -0.480 e. The molecule has 0 unspecified atom stereocenters. The number of aliphatic hydroxyl groups is 1.